The number of aromatic nitrogens is 2. The molecule has 2 aromatic carbocycles. The largest absolute Gasteiger partial charge is 0.339 e. The van der Waals surface area contributed by atoms with E-state index in [2.05, 4.69) is 15.5 Å². The van der Waals surface area contributed by atoms with Crippen molar-refractivity contribution < 1.29 is 14.1 Å². The van der Waals surface area contributed by atoms with Gasteiger partial charge in [-0.3, -0.25) is 9.59 Å². The third kappa shape index (κ3) is 3.78. The summed E-state index contributed by atoms with van der Waals surface area (Å²) in [5.74, 6) is 0.792. The van der Waals surface area contributed by atoms with Crippen molar-refractivity contribution in [3.05, 3.63) is 65.5 Å². The van der Waals surface area contributed by atoms with Crippen molar-refractivity contribution in [2.75, 3.05) is 18.4 Å². The summed E-state index contributed by atoms with van der Waals surface area (Å²) in [6.45, 7) is 3.38. The third-order valence-electron chi connectivity index (χ3n) is 4.70. The van der Waals surface area contributed by atoms with E-state index >= 15 is 0 Å². The fraction of sp³-hybridized carbons (Fsp3) is 0.238. The van der Waals surface area contributed by atoms with Gasteiger partial charge in [-0.1, -0.05) is 5.16 Å². The Morgan fingerprint density at radius 3 is 2.21 bits per heavy atom. The van der Waals surface area contributed by atoms with E-state index in [4.69, 9.17) is 4.52 Å². The van der Waals surface area contributed by atoms with E-state index in [0.29, 0.717) is 28.5 Å². The van der Waals surface area contributed by atoms with E-state index in [1.54, 1.807) is 55.5 Å². The number of likely N-dealkylation sites (tertiary alicyclic amines) is 1. The molecule has 0 aliphatic carbocycles. The van der Waals surface area contributed by atoms with Crippen molar-refractivity contribution in [3.63, 3.8) is 0 Å². The van der Waals surface area contributed by atoms with Crippen LogP contribution in [0.4, 0.5) is 5.69 Å². The van der Waals surface area contributed by atoms with Crippen LogP contribution in [0.2, 0.25) is 0 Å². The van der Waals surface area contributed by atoms with Crippen LogP contribution >= 0.6 is 0 Å². The first-order chi connectivity index (χ1) is 13.6. The molecular weight excluding hydrogens is 356 g/mol. The molecule has 2 heterocycles. The standard InChI is InChI=1S/C21H20N4O3/c1-14-22-20(28-24-14)16-6-4-15(5-7-16)19(26)23-18-10-8-17(9-11-18)21(27)25-12-2-3-13-25/h4-11H,2-3,12-13H2,1H3,(H,23,26). The number of amides is 2. The van der Waals surface area contributed by atoms with Crippen molar-refractivity contribution in [1.29, 1.82) is 0 Å². The number of hydrogen-bond acceptors (Lipinski definition) is 5. The van der Waals surface area contributed by atoms with Gasteiger partial charge >= 0.3 is 0 Å². The molecule has 142 valence electrons. The van der Waals surface area contributed by atoms with Crippen molar-refractivity contribution in [1.82, 2.24) is 15.0 Å². The van der Waals surface area contributed by atoms with Crippen LogP contribution in [0.15, 0.2) is 53.1 Å². The van der Waals surface area contributed by atoms with Crippen LogP contribution in [-0.4, -0.2) is 39.9 Å². The molecule has 0 radical (unpaired) electrons. The lowest BCUT2D eigenvalue weighted by Gasteiger charge is -2.15. The normalized spacial score (nSPS) is 13.5. The van der Waals surface area contributed by atoms with Crippen molar-refractivity contribution >= 4 is 17.5 Å². The van der Waals surface area contributed by atoms with Crippen LogP contribution in [0, 0.1) is 6.92 Å². The summed E-state index contributed by atoms with van der Waals surface area (Å²) in [4.78, 5) is 30.9. The molecule has 0 spiro atoms. The highest BCUT2D eigenvalue weighted by Crippen LogP contribution is 2.19. The summed E-state index contributed by atoms with van der Waals surface area (Å²) in [5.41, 5.74) is 2.54. The summed E-state index contributed by atoms with van der Waals surface area (Å²) in [5, 5.41) is 6.60. The second-order valence-electron chi connectivity index (χ2n) is 6.75. The molecule has 4 rings (SSSR count). The number of hydrogen-bond donors (Lipinski definition) is 1. The highest BCUT2D eigenvalue weighted by Gasteiger charge is 2.19. The van der Waals surface area contributed by atoms with Crippen LogP contribution < -0.4 is 5.32 Å². The topological polar surface area (TPSA) is 88.3 Å². The molecule has 1 fully saturated rings. The number of anilines is 1. The predicted octanol–water partition coefficient (Wildman–Crippen LogP) is 3.53. The number of benzene rings is 2. The quantitative estimate of drug-likeness (QED) is 0.752. The SMILES string of the molecule is Cc1noc(-c2ccc(C(=O)Nc3ccc(C(=O)N4CCCC4)cc3)cc2)n1. The minimum Gasteiger partial charge on any atom is -0.339 e. The van der Waals surface area contributed by atoms with Crippen LogP contribution in [0.3, 0.4) is 0 Å². The van der Waals surface area contributed by atoms with Crippen LogP contribution in [0.1, 0.15) is 39.4 Å². The summed E-state index contributed by atoms with van der Waals surface area (Å²) < 4.78 is 5.12. The highest BCUT2D eigenvalue weighted by molar-refractivity contribution is 6.04. The number of nitrogens with zero attached hydrogens (tertiary/aromatic N) is 3. The van der Waals surface area contributed by atoms with E-state index in [-0.39, 0.29) is 11.8 Å². The second kappa shape index (κ2) is 7.64. The predicted molar refractivity (Wildman–Crippen MR) is 104 cm³/mol. The Hall–Kier alpha value is -3.48. The molecule has 0 atom stereocenters. The Balaban J connectivity index is 1.41. The second-order valence-corrected chi connectivity index (χ2v) is 6.75. The third-order valence-corrected chi connectivity index (χ3v) is 4.70. The molecule has 7 heteroatoms. The maximum Gasteiger partial charge on any atom is 0.257 e. The molecule has 7 nitrogen and oxygen atoms in total. The zero-order valence-corrected chi connectivity index (χ0v) is 15.5. The van der Waals surface area contributed by atoms with E-state index in [1.165, 1.54) is 0 Å². The minimum atomic E-state index is -0.230. The van der Waals surface area contributed by atoms with E-state index < -0.39 is 0 Å². The molecule has 1 aliphatic heterocycles. The number of carbonyl (C=O) groups is 2. The van der Waals surface area contributed by atoms with Gasteiger partial charge < -0.3 is 14.7 Å². The lowest BCUT2D eigenvalue weighted by atomic mass is 10.1. The van der Waals surface area contributed by atoms with Gasteiger partial charge in [-0.15, -0.1) is 0 Å². The fourth-order valence-corrected chi connectivity index (χ4v) is 3.18. The van der Waals surface area contributed by atoms with Gasteiger partial charge in [-0.25, -0.2) is 0 Å². The molecule has 0 unspecified atom stereocenters. The Morgan fingerprint density at radius 2 is 1.61 bits per heavy atom. The van der Waals surface area contributed by atoms with Crippen molar-refractivity contribution in [3.8, 4) is 11.5 Å². The lowest BCUT2D eigenvalue weighted by molar-refractivity contribution is 0.0792. The summed E-state index contributed by atoms with van der Waals surface area (Å²) >= 11 is 0. The highest BCUT2D eigenvalue weighted by atomic mass is 16.5. The van der Waals surface area contributed by atoms with Crippen LogP contribution in [0.25, 0.3) is 11.5 Å². The maximum atomic E-state index is 12.5. The summed E-state index contributed by atoms with van der Waals surface area (Å²) in [6, 6.07) is 13.9. The molecule has 28 heavy (non-hydrogen) atoms. The fourth-order valence-electron chi connectivity index (χ4n) is 3.18. The van der Waals surface area contributed by atoms with Gasteiger partial charge in [0.15, 0.2) is 5.82 Å². The van der Waals surface area contributed by atoms with Crippen molar-refractivity contribution in [2.24, 2.45) is 0 Å². The molecule has 1 N–H and O–H groups in total. The number of nitrogens with one attached hydrogen (secondary N) is 1. The molecule has 0 saturated carbocycles. The maximum absolute atomic E-state index is 12.5. The minimum absolute atomic E-state index is 0.0437. The summed E-state index contributed by atoms with van der Waals surface area (Å²) in [7, 11) is 0. The van der Waals surface area contributed by atoms with E-state index in [1.807, 2.05) is 4.90 Å². The van der Waals surface area contributed by atoms with Crippen LogP contribution in [-0.2, 0) is 0 Å². The zero-order valence-electron chi connectivity index (χ0n) is 15.5. The number of carbonyl (C=O) groups excluding carboxylic acids is 2. The number of rotatable bonds is 4. The number of aryl methyl sites for hydroxylation is 1. The Kier molecular flexibility index (Phi) is 4.89. The molecule has 1 aromatic heterocycles. The van der Waals surface area contributed by atoms with Crippen molar-refractivity contribution in [2.45, 2.75) is 19.8 Å². The lowest BCUT2D eigenvalue weighted by Crippen LogP contribution is -2.27. The molecule has 1 saturated heterocycles. The van der Waals surface area contributed by atoms with Gasteiger partial charge in [0.05, 0.1) is 0 Å². The van der Waals surface area contributed by atoms with Gasteiger partial charge in [0.1, 0.15) is 0 Å². The Bertz CT molecular complexity index is 987. The van der Waals surface area contributed by atoms with Gasteiger partial charge in [0.2, 0.25) is 0 Å². The molecule has 2 amide bonds. The van der Waals surface area contributed by atoms with Gasteiger partial charge in [-0.2, -0.15) is 4.98 Å². The Morgan fingerprint density at radius 1 is 0.964 bits per heavy atom. The average Bonchev–Trinajstić information content (AvgIpc) is 3.40. The molecule has 0 bridgehead atoms. The smallest absolute Gasteiger partial charge is 0.257 e. The van der Waals surface area contributed by atoms with E-state index in [9.17, 15) is 9.59 Å². The van der Waals surface area contributed by atoms with Gasteiger partial charge in [0, 0.05) is 35.5 Å². The average molecular weight is 376 g/mol. The summed E-state index contributed by atoms with van der Waals surface area (Å²) in [6.07, 6.45) is 2.12. The first-order valence-electron chi connectivity index (χ1n) is 9.21. The first-order valence-corrected chi connectivity index (χ1v) is 9.21. The monoisotopic (exact) mass is 376 g/mol. The van der Waals surface area contributed by atoms with Gasteiger partial charge in [0.25, 0.3) is 17.7 Å². The Labute approximate surface area is 162 Å². The first kappa shape index (κ1) is 17.9. The zero-order chi connectivity index (χ0) is 19.5. The van der Waals surface area contributed by atoms with E-state index in [0.717, 1.165) is 31.5 Å². The van der Waals surface area contributed by atoms with Gasteiger partial charge in [-0.05, 0) is 68.3 Å². The molecular formula is C21H20N4O3. The van der Waals surface area contributed by atoms with Crippen LogP contribution in [0.5, 0.6) is 0 Å². The molecule has 3 aromatic rings. The molecule has 1 aliphatic rings.